The SMILES string of the molecule is Cl.N[C@H]1CCCN(c2nc3c([N+](=O)[O-])c(Br)c(Br)cc3n2CC2CC2)C1. The van der Waals surface area contributed by atoms with Crippen molar-refractivity contribution < 1.29 is 4.92 Å². The highest BCUT2D eigenvalue weighted by molar-refractivity contribution is 9.13. The van der Waals surface area contributed by atoms with Crippen LogP contribution in [-0.2, 0) is 6.54 Å². The number of rotatable bonds is 4. The number of fused-ring (bicyclic) bond motifs is 1. The second kappa shape index (κ2) is 7.61. The number of anilines is 1. The first-order chi connectivity index (χ1) is 12.0. The Bertz CT molecular complexity index is 855. The van der Waals surface area contributed by atoms with Crippen molar-refractivity contribution in [1.82, 2.24) is 9.55 Å². The zero-order valence-corrected chi connectivity index (χ0v) is 18.0. The molecule has 1 aromatic heterocycles. The van der Waals surface area contributed by atoms with Gasteiger partial charge in [0, 0.05) is 30.1 Å². The molecule has 0 unspecified atom stereocenters. The molecule has 142 valence electrons. The predicted molar refractivity (Wildman–Crippen MR) is 111 cm³/mol. The fraction of sp³-hybridized carbons (Fsp3) is 0.562. The number of hydrogen-bond donors (Lipinski definition) is 1. The van der Waals surface area contributed by atoms with Gasteiger partial charge >= 0.3 is 5.69 Å². The van der Waals surface area contributed by atoms with Crippen LogP contribution in [0.15, 0.2) is 15.0 Å². The van der Waals surface area contributed by atoms with Crippen LogP contribution in [0, 0.1) is 16.0 Å². The molecule has 1 aromatic carbocycles. The number of benzene rings is 1. The summed E-state index contributed by atoms with van der Waals surface area (Å²) in [6.07, 6.45) is 4.44. The van der Waals surface area contributed by atoms with E-state index in [9.17, 15) is 10.1 Å². The zero-order valence-electron chi connectivity index (χ0n) is 14.0. The second-order valence-electron chi connectivity index (χ2n) is 6.96. The second-order valence-corrected chi connectivity index (χ2v) is 8.61. The predicted octanol–water partition coefficient (Wildman–Crippen LogP) is 4.23. The van der Waals surface area contributed by atoms with Gasteiger partial charge in [-0.05, 0) is 69.5 Å². The first-order valence-corrected chi connectivity index (χ1v) is 10.1. The summed E-state index contributed by atoms with van der Waals surface area (Å²) in [4.78, 5) is 18.2. The lowest BCUT2D eigenvalue weighted by molar-refractivity contribution is -0.384. The number of hydrogen-bond acceptors (Lipinski definition) is 5. The van der Waals surface area contributed by atoms with Crippen LogP contribution in [0.2, 0.25) is 0 Å². The van der Waals surface area contributed by atoms with Gasteiger partial charge in [-0.2, -0.15) is 0 Å². The van der Waals surface area contributed by atoms with Gasteiger partial charge in [-0.25, -0.2) is 4.98 Å². The molecule has 4 rings (SSSR count). The molecule has 1 atom stereocenters. The molecule has 2 aliphatic rings. The van der Waals surface area contributed by atoms with E-state index in [1.54, 1.807) is 0 Å². The smallest absolute Gasteiger partial charge is 0.312 e. The summed E-state index contributed by atoms with van der Waals surface area (Å²) in [6.45, 7) is 2.48. The van der Waals surface area contributed by atoms with Crippen molar-refractivity contribution in [2.24, 2.45) is 11.7 Å². The Morgan fingerprint density at radius 2 is 2.08 bits per heavy atom. The molecule has 1 saturated heterocycles. The van der Waals surface area contributed by atoms with E-state index in [2.05, 4.69) is 41.3 Å². The third kappa shape index (κ3) is 3.58. The highest BCUT2D eigenvalue weighted by Crippen LogP contribution is 2.42. The molecule has 2 N–H and O–H groups in total. The van der Waals surface area contributed by atoms with E-state index in [1.165, 1.54) is 12.8 Å². The number of aromatic nitrogens is 2. The monoisotopic (exact) mass is 507 g/mol. The summed E-state index contributed by atoms with van der Waals surface area (Å²) in [5.74, 6) is 1.45. The lowest BCUT2D eigenvalue weighted by atomic mass is 10.1. The molecule has 26 heavy (non-hydrogen) atoms. The zero-order chi connectivity index (χ0) is 17.7. The normalized spacial score (nSPS) is 20.3. The summed E-state index contributed by atoms with van der Waals surface area (Å²) in [5.41, 5.74) is 7.41. The summed E-state index contributed by atoms with van der Waals surface area (Å²) < 4.78 is 3.25. The van der Waals surface area contributed by atoms with Crippen LogP contribution >= 0.6 is 44.3 Å². The average Bonchev–Trinajstić information content (AvgIpc) is 3.31. The minimum absolute atomic E-state index is 0. The quantitative estimate of drug-likeness (QED) is 0.492. The molecule has 2 heterocycles. The van der Waals surface area contributed by atoms with Gasteiger partial charge in [-0.1, -0.05) is 0 Å². The van der Waals surface area contributed by atoms with Crippen LogP contribution < -0.4 is 10.6 Å². The number of imidazole rings is 1. The van der Waals surface area contributed by atoms with Crippen LogP contribution in [-0.4, -0.2) is 33.6 Å². The van der Waals surface area contributed by atoms with Gasteiger partial charge in [-0.3, -0.25) is 10.1 Å². The van der Waals surface area contributed by atoms with Gasteiger partial charge < -0.3 is 15.2 Å². The van der Waals surface area contributed by atoms with Crippen LogP contribution in [0.4, 0.5) is 11.6 Å². The maximum absolute atomic E-state index is 11.6. The highest BCUT2D eigenvalue weighted by Gasteiger charge is 2.31. The Hall–Kier alpha value is -0.900. The fourth-order valence-electron chi connectivity index (χ4n) is 3.51. The third-order valence-electron chi connectivity index (χ3n) is 4.95. The molecule has 1 aliphatic heterocycles. The standard InChI is InChI=1S/C16H19Br2N5O2.ClH/c17-11-6-12-14(15(13(11)18)23(24)25)20-16(22(12)7-9-3-4-9)21-5-1-2-10(19)8-21;/h6,9-10H,1-5,7-8,19H2;1H/t10-;/m0./s1. The van der Waals surface area contributed by atoms with Crippen LogP contribution in [0.1, 0.15) is 25.7 Å². The summed E-state index contributed by atoms with van der Waals surface area (Å²) >= 11 is 6.77. The Balaban J connectivity index is 0.00000196. The van der Waals surface area contributed by atoms with E-state index in [0.29, 0.717) is 20.4 Å². The molecule has 0 radical (unpaired) electrons. The van der Waals surface area contributed by atoms with E-state index in [1.807, 2.05) is 6.07 Å². The number of halogens is 3. The fourth-order valence-corrected chi connectivity index (χ4v) is 4.36. The minimum Gasteiger partial charge on any atom is -0.341 e. The lowest BCUT2D eigenvalue weighted by Crippen LogP contribution is -2.44. The molecule has 2 fully saturated rings. The molecular weight excluding hydrogens is 489 g/mol. The molecule has 0 bridgehead atoms. The first kappa shape index (κ1) is 19.9. The molecule has 10 heteroatoms. The number of piperidine rings is 1. The van der Waals surface area contributed by atoms with Crippen LogP contribution in [0.3, 0.4) is 0 Å². The Labute approximate surface area is 174 Å². The lowest BCUT2D eigenvalue weighted by Gasteiger charge is -2.32. The van der Waals surface area contributed by atoms with Crippen molar-refractivity contribution in [1.29, 1.82) is 0 Å². The van der Waals surface area contributed by atoms with E-state index >= 15 is 0 Å². The largest absolute Gasteiger partial charge is 0.341 e. The highest BCUT2D eigenvalue weighted by atomic mass is 79.9. The molecule has 2 aromatic rings. The number of nitro groups is 1. The molecule has 1 saturated carbocycles. The topological polar surface area (TPSA) is 90.2 Å². The van der Waals surface area contributed by atoms with Gasteiger partial charge in [-0.15, -0.1) is 12.4 Å². The van der Waals surface area contributed by atoms with E-state index in [4.69, 9.17) is 10.7 Å². The maximum Gasteiger partial charge on any atom is 0.312 e. The molecule has 0 amide bonds. The number of nitrogens with two attached hydrogens (primary N) is 1. The number of nitro benzene ring substituents is 1. The average molecular weight is 510 g/mol. The van der Waals surface area contributed by atoms with Gasteiger partial charge in [0.1, 0.15) is 4.47 Å². The van der Waals surface area contributed by atoms with Crippen molar-refractivity contribution in [2.75, 3.05) is 18.0 Å². The van der Waals surface area contributed by atoms with Gasteiger partial charge in [0.05, 0.1) is 10.4 Å². The molecule has 7 nitrogen and oxygen atoms in total. The third-order valence-corrected chi connectivity index (χ3v) is 6.91. The summed E-state index contributed by atoms with van der Waals surface area (Å²) in [7, 11) is 0. The van der Waals surface area contributed by atoms with Crippen molar-refractivity contribution >= 4 is 66.9 Å². The Morgan fingerprint density at radius 3 is 2.69 bits per heavy atom. The van der Waals surface area contributed by atoms with Gasteiger partial charge in [0.2, 0.25) is 5.95 Å². The van der Waals surface area contributed by atoms with Crippen molar-refractivity contribution in [3.05, 3.63) is 25.1 Å². The van der Waals surface area contributed by atoms with E-state index in [-0.39, 0.29) is 29.1 Å². The Morgan fingerprint density at radius 1 is 1.35 bits per heavy atom. The van der Waals surface area contributed by atoms with Gasteiger partial charge in [0.15, 0.2) is 5.52 Å². The van der Waals surface area contributed by atoms with Crippen molar-refractivity contribution in [2.45, 2.75) is 38.3 Å². The maximum atomic E-state index is 11.6. The van der Waals surface area contributed by atoms with Crippen LogP contribution in [0.25, 0.3) is 11.0 Å². The minimum atomic E-state index is -0.364. The van der Waals surface area contributed by atoms with E-state index < -0.39 is 0 Å². The van der Waals surface area contributed by atoms with Gasteiger partial charge in [0.25, 0.3) is 0 Å². The first-order valence-electron chi connectivity index (χ1n) is 8.49. The molecular formula is C16H20Br2ClN5O2. The number of nitrogens with zero attached hydrogens (tertiary/aromatic N) is 4. The Kier molecular flexibility index (Phi) is 5.81. The van der Waals surface area contributed by atoms with Crippen molar-refractivity contribution in [3.63, 3.8) is 0 Å². The molecule has 0 spiro atoms. The summed E-state index contributed by atoms with van der Waals surface area (Å²) in [6, 6.07) is 2.05. The van der Waals surface area contributed by atoms with Crippen LogP contribution in [0.5, 0.6) is 0 Å². The van der Waals surface area contributed by atoms with Crippen molar-refractivity contribution in [3.8, 4) is 0 Å². The van der Waals surface area contributed by atoms with E-state index in [0.717, 1.165) is 43.9 Å². The summed E-state index contributed by atoms with van der Waals surface area (Å²) in [5, 5.41) is 11.6. The molecule has 1 aliphatic carbocycles.